The fourth-order valence-electron chi connectivity index (χ4n) is 3.69. The molecule has 1 aromatic carbocycles. The van der Waals surface area contributed by atoms with E-state index in [0.29, 0.717) is 18.0 Å². The van der Waals surface area contributed by atoms with Crippen molar-refractivity contribution in [2.45, 2.75) is 50.2 Å². The van der Waals surface area contributed by atoms with Gasteiger partial charge in [-0.3, -0.25) is 0 Å². The Bertz CT molecular complexity index is 561. The molecule has 1 saturated heterocycles. The molecule has 2 fully saturated rings. The van der Waals surface area contributed by atoms with E-state index in [1.807, 2.05) is 0 Å². The monoisotopic (exact) mass is 336 g/mol. The Morgan fingerprint density at radius 2 is 2.21 bits per heavy atom. The summed E-state index contributed by atoms with van der Waals surface area (Å²) in [5.41, 5.74) is 0.613. The predicted molar refractivity (Wildman–Crippen MR) is 90.2 cm³/mol. The van der Waals surface area contributed by atoms with Crippen molar-refractivity contribution in [3.63, 3.8) is 0 Å². The number of halogens is 1. The topological polar surface area (TPSA) is 59.6 Å². The Morgan fingerprint density at radius 1 is 1.38 bits per heavy atom. The summed E-state index contributed by atoms with van der Waals surface area (Å²) in [6.45, 7) is 0.182. The summed E-state index contributed by atoms with van der Waals surface area (Å²) in [6.07, 6.45) is 6.35. The van der Waals surface area contributed by atoms with Crippen molar-refractivity contribution >= 4 is 11.7 Å². The summed E-state index contributed by atoms with van der Waals surface area (Å²) in [5, 5.41) is 5.87. The first-order chi connectivity index (χ1) is 11.7. The molecule has 1 saturated carbocycles. The van der Waals surface area contributed by atoms with E-state index in [-0.39, 0.29) is 24.3 Å². The van der Waals surface area contributed by atoms with Crippen molar-refractivity contribution in [2.75, 3.05) is 25.2 Å². The van der Waals surface area contributed by atoms with E-state index in [1.165, 1.54) is 12.8 Å². The molecule has 1 atom stereocenters. The summed E-state index contributed by atoms with van der Waals surface area (Å²) in [7, 11) is 0. The number of carbonyl (C=O) groups excluding carboxylic acids is 1. The van der Waals surface area contributed by atoms with Crippen LogP contribution in [0.2, 0.25) is 0 Å². The molecule has 1 aliphatic carbocycles. The maximum Gasteiger partial charge on any atom is 0.319 e. The molecule has 0 aromatic heterocycles. The number of amides is 2. The molecule has 0 unspecified atom stereocenters. The highest BCUT2D eigenvalue weighted by molar-refractivity contribution is 5.89. The molecule has 1 aliphatic heterocycles. The van der Waals surface area contributed by atoms with Crippen molar-refractivity contribution in [2.24, 2.45) is 0 Å². The van der Waals surface area contributed by atoms with Crippen LogP contribution in [0.4, 0.5) is 14.9 Å². The van der Waals surface area contributed by atoms with Crippen LogP contribution in [0.5, 0.6) is 5.75 Å². The largest absolute Gasteiger partial charge is 0.491 e. The summed E-state index contributed by atoms with van der Waals surface area (Å²) < 4.78 is 23.4. The van der Waals surface area contributed by atoms with Gasteiger partial charge in [-0.15, -0.1) is 0 Å². The van der Waals surface area contributed by atoms with Gasteiger partial charge in [0.1, 0.15) is 19.0 Å². The van der Waals surface area contributed by atoms with Crippen LogP contribution in [0.1, 0.15) is 38.5 Å². The molecular formula is C18H25FN2O3. The summed E-state index contributed by atoms with van der Waals surface area (Å²) in [5.74, 6) is 0.543. The highest BCUT2D eigenvalue weighted by atomic mass is 19.1. The van der Waals surface area contributed by atoms with Crippen LogP contribution in [0.25, 0.3) is 0 Å². The van der Waals surface area contributed by atoms with Crippen molar-refractivity contribution in [1.29, 1.82) is 0 Å². The lowest BCUT2D eigenvalue weighted by Gasteiger charge is -2.38. The fraction of sp³-hybridized carbons (Fsp3) is 0.611. The first-order valence-electron chi connectivity index (χ1n) is 8.69. The Morgan fingerprint density at radius 3 is 3.00 bits per heavy atom. The predicted octanol–water partition coefficient (Wildman–Crippen LogP) is 3.65. The van der Waals surface area contributed by atoms with Gasteiger partial charge in [0.25, 0.3) is 0 Å². The van der Waals surface area contributed by atoms with Gasteiger partial charge in [0.2, 0.25) is 0 Å². The molecule has 0 bridgehead atoms. The minimum atomic E-state index is -0.538. The van der Waals surface area contributed by atoms with Crippen LogP contribution in [-0.2, 0) is 4.74 Å². The average molecular weight is 336 g/mol. The minimum absolute atomic E-state index is 0.0137. The third-order valence-electron chi connectivity index (χ3n) is 4.78. The number of alkyl halides is 1. The second-order valence-corrected chi connectivity index (χ2v) is 6.59. The summed E-state index contributed by atoms with van der Waals surface area (Å²) in [4.78, 5) is 12.2. The average Bonchev–Trinajstić information content (AvgIpc) is 3.01. The standard InChI is InChI=1S/C18H25FN2O3/c19-9-11-23-16-5-3-4-14(12-16)20-17(22)21-15-6-10-24-18(13-15)7-1-2-8-18/h3-5,12,15H,1-2,6-11,13H2,(H2,20,21,22)/t15-/m0/s1. The molecule has 6 heteroatoms. The first kappa shape index (κ1) is 17.0. The van der Waals surface area contributed by atoms with Crippen LogP contribution in [0.15, 0.2) is 24.3 Å². The lowest BCUT2D eigenvalue weighted by molar-refractivity contribution is -0.0818. The van der Waals surface area contributed by atoms with Gasteiger partial charge in [0.15, 0.2) is 0 Å². The molecule has 2 amide bonds. The van der Waals surface area contributed by atoms with Crippen LogP contribution in [0.3, 0.4) is 0 Å². The number of ether oxygens (including phenoxy) is 2. The number of nitrogens with one attached hydrogen (secondary N) is 2. The molecule has 2 aliphatic rings. The normalized spacial score (nSPS) is 22.3. The summed E-state index contributed by atoms with van der Waals surface area (Å²) in [6, 6.07) is 6.90. The number of rotatable bonds is 5. The second kappa shape index (κ2) is 7.83. The molecule has 0 radical (unpaired) electrons. The van der Waals surface area contributed by atoms with E-state index in [2.05, 4.69) is 10.6 Å². The molecule has 3 rings (SSSR count). The molecule has 1 spiro atoms. The number of benzene rings is 1. The summed E-state index contributed by atoms with van der Waals surface area (Å²) >= 11 is 0. The van der Waals surface area contributed by atoms with Crippen molar-refractivity contribution in [3.8, 4) is 5.75 Å². The van der Waals surface area contributed by atoms with Crippen LogP contribution < -0.4 is 15.4 Å². The van der Waals surface area contributed by atoms with Crippen LogP contribution in [-0.4, -0.2) is 37.6 Å². The van der Waals surface area contributed by atoms with E-state index in [4.69, 9.17) is 9.47 Å². The van der Waals surface area contributed by atoms with Gasteiger partial charge >= 0.3 is 6.03 Å². The zero-order chi connectivity index (χ0) is 16.8. The molecule has 1 aromatic rings. The first-order valence-corrected chi connectivity index (χ1v) is 8.69. The van der Waals surface area contributed by atoms with E-state index in [0.717, 1.165) is 25.7 Å². The lowest BCUT2D eigenvalue weighted by atomic mass is 9.89. The number of carbonyl (C=O) groups is 1. The van der Waals surface area contributed by atoms with Gasteiger partial charge in [-0.05, 0) is 37.8 Å². The Kier molecular flexibility index (Phi) is 5.56. The van der Waals surface area contributed by atoms with E-state index in [1.54, 1.807) is 24.3 Å². The number of hydrogen-bond donors (Lipinski definition) is 2. The van der Waals surface area contributed by atoms with Gasteiger partial charge in [0, 0.05) is 24.4 Å². The Balaban J connectivity index is 1.52. The molecule has 5 nitrogen and oxygen atoms in total. The third-order valence-corrected chi connectivity index (χ3v) is 4.78. The number of urea groups is 1. The van der Waals surface area contributed by atoms with Gasteiger partial charge < -0.3 is 20.1 Å². The molecule has 1 heterocycles. The zero-order valence-electron chi connectivity index (χ0n) is 13.9. The Hall–Kier alpha value is -1.82. The van der Waals surface area contributed by atoms with E-state index in [9.17, 15) is 9.18 Å². The van der Waals surface area contributed by atoms with Crippen molar-refractivity contribution in [3.05, 3.63) is 24.3 Å². The SMILES string of the molecule is O=C(Nc1cccc(OCCF)c1)N[C@H]1CCOC2(CCCC2)C1. The molecule has 2 N–H and O–H groups in total. The van der Waals surface area contributed by atoms with Gasteiger partial charge in [0.05, 0.1) is 5.60 Å². The van der Waals surface area contributed by atoms with Gasteiger partial charge in [-0.2, -0.15) is 0 Å². The van der Waals surface area contributed by atoms with Gasteiger partial charge in [-0.25, -0.2) is 9.18 Å². The van der Waals surface area contributed by atoms with Crippen LogP contribution >= 0.6 is 0 Å². The molecule has 24 heavy (non-hydrogen) atoms. The number of anilines is 1. The highest BCUT2D eigenvalue weighted by Crippen LogP contribution is 2.39. The van der Waals surface area contributed by atoms with Crippen molar-refractivity contribution < 1.29 is 18.7 Å². The van der Waals surface area contributed by atoms with Gasteiger partial charge in [-0.1, -0.05) is 18.9 Å². The maximum absolute atomic E-state index is 12.2. The number of hydrogen-bond acceptors (Lipinski definition) is 3. The second-order valence-electron chi connectivity index (χ2n) is 6.59. The smallest absolute Gasteiger partial charge is 0.319 e. The van der Waals surface area contributed by atoms with E-state index < -0.39 is 6.67 Å². The quantitative estimate of drug-likeness (QED) is 0.863. The lowest BCUT2D eigenvalue weighted by Crippen LogP contribution is -2.48. The highest BCUT2D eigenvalue weighted by Gasteiger charge is 2.40. The Labute approximate surface area is 141 Å². The molecule has 132 valence electrons. The van der Waals surface area contributed by atoms with Crippen LogP contribution in [0, 0.1) is 0 Å². The zero-order valence-corrected chi connectivity index (χ0v) is 13.9. The minimum Gasteiger partial charge on any atom is -0.491 e. The maximum atomic E-state index is 12.2. The fourth-order valence-corrected chi connectivity index (χ4v) is 3.69. The molecular weight excluding hydrogens is 311 g/mol. The van der Waals surface area contributed by atoms with Crippen molar-refractivity contribution in [1.82, 2.24) is 5.32 Å². The van der Waals surface area contributed by atoms with E-state index >= 15 is 0 Å². The third kappa shape index (κ3) is 4.38.